The van der Waals surface area contributed by atoms with Gasteiger partial charge < -0.3 is 28.8 Å². The number of hydrogen-bond acceptors (Lipinski definition) is 10. The van der Waals surface area contributed by atoms with Crippen molar-refractivity contribution in [1.29, 1.82) is 0 Å². The summed E-state index contributed by atoms with van der Waals surface area (Å²) in [7, 11) is 4.18. The van der Waals surface area contributed by atoms with E-state index in [2.05, 4.69) is 5.43 Å². The molecule has 13 heteroatoms. The molecule has 3 rings (SSSR count). The van der Waals surface area contributed by atoms with E-state index < -0.39 is 41.9 Å². The highest BCUT2D eigenvalue weighted by molar-refractivity contribution is 5.99. The first-order valence-electron chi connectivity index (χ1n) is 11.8. The van der Waals surface area contributed by atoms with Crippen molar-refractivity contribution in [2.24, 2.45) is 0 Å². The van der Waals surface area contributed by atoms with Crippen LogP contribution in [0.5, 0.6) is 17.2 Å². The molecule has 0 bridgehead atoms. The van der Waals surface area contributed by atoms with Crippen LogP contribution in [0, 0.1) is 0 Å². The fourth-order valence-electron chi connectivity index (χ4n) is 3.37. The third kappa shape index (κ3) is 7.95. The quantitative estimate of drug-likeness (QED) is 0.229. The van der Waals surface area contributed by atoms with Gasteiger partial charge in [0.1, 0.15) is 17.2 Å². The molecule has 3 aromatic carbocycles. The Morgan fingerprint density at radius 1 is 0.610 bits per heavy atom. The molecular formula is C28H26N2O11. The zero-order chi connectivity index (χ0) is 29.9. The highest BCUT2D eigenvalue weighted by atomic mass is 16.6. The normalized spacial score (nSPS) is 11.7. The Kier molecular flexibility index (Phi) is 10.2. The van der Waals surface area contributed by atoms with Gasteiger partial charge in [0.05, 0.1) is 32.5 Å². The Morgan fingerprint density at radius 3 is 1.56 bits per heavy atom. The average Bonchev–Trinajstić information content (AvgIpc) is 3.00. The number of hydrogen-bond donors (Lipinski definition) is 3. The van der Waals surface area contributed by atoms with Gasteiger partial charge in [-0.1, -0.05) is 12.1 Å². The van der Waals surface area contributed by atoms with Gasteiger partial charge in [0.25, 0.3) is 11.8 Å². The second-order valence-electron chi connectivity index (χ2n) is 8.13. The molecule has 0 saturated carbocycles. The van der Waals surface area contributed by atoms with Gasteiger partial charge >= 0.3 is 17.9 Å². The lowest BCUT2D eigenvalue weighted by atomic mass is 10.1. The van der Waals surface area contributed by atoms with E-state index in [1.807, 2.05) is 5.43 Å². The van der Waals surface area contributed by atoms with Crippen LogP contribution in [0.15, 0.2) is 72.8 Å². The molecule has 0 radical (unpaired) electrons. The number of carboxylic acid groups (broad SMARTS) is 1. The molecule has 41 heavy (non-hydrogen) atoms. The SMILES string of the molecule is COc1ccc(C(=O)NNC(=O)[C@@H](OC(=O)c2cccc(OC)c2)[C@H](OC(=O)c2cccc(OC)c2)C(=O)O)cc1. The van der Waals surface area contributed by atoms with Gasteiger partial charge in [-0.05, 0) is 60.7 Å². The van der Waals surface area contributed by atoms with E-state index >= 15 is 0 Å². The molecule has 0 aliphatic carbocycles. The summed E-state index contributed by atoms with van der Waals surface area (Å²) in [5, 5.41) is 9.87. The highest BCUT2D eigenvalue weighted by Crippen LogP contribution is 2.18. The molecule has 3 aromatic rings. The fraction of sp³-hybridized carbons (Fsp3) is 0.179. The number of methoxy groups -OCH3 is 3. The van der Waals surface area contributed by atoms with E-state index in [0.717, 1.165) is 0 Å². The lowest BCUT2D eigenvalue weighted by Gasteiger charge is -2.23. The molecule has 3 N–H and O–H groups in total. The Labute approximate surface area is 233 Å². The first kappa shape index (κ1) is 30.0. The number of carbonyl (C=O) groups is 5. The summed E-state index contributed by atoms with van der Waals surface area (Å²) >= 11 is 0. The van der Waals surface area contributed by atoms with Gasteiger partial charge in [-0.3, -0.25) is 20.4 Å². The van der Waals surface area contributed by atoms with Crippen LogP contribution in [0.4, 0.5) is 0 Å². The second kappa shape index (κ2) is 14.0. The van der Waals surface area contributed by atoms with Crippen LogP contribution in [-0.2, 0) is 19.1 Å². The third-order valence-corrected chi connectivity index (χ3v) is 5.51. The predicted molar refractivity (Wildman–Crippen MR) is 141 cm³/mol. The summed E-state index contributed by atoms with van der Waals surface area (Å²) < 4.78 is 25.5. The number of ether oxygens (including phenoxy) is 5. The van der Waals surface area contributed by atoms with E-state index in [-0.39, 0.29) is 28.2 Å². The van der Waals surface area contributed by atoms with Crippen molar-refractivity contribution >= 4 is 29.7 Å². The van der Waals surface area contributed by atoms with Gasteiger partial charge in [0, 0.05) is 5.56 Å². The number of carboxylic acids is 1. The second-order valence-corrected chi connectivity index (χ2v) is 8.13. The Hall–Kier alpha value is -5.59. The zero-order valence-electron chi connectivity index (χ0n) is 22.1. The molecule has 0 saturated heterocycles. The van der Waals surface area contributed by atoms with Crippen molar-refractivity contribution in [2.45, 2.75) is 12.2 Å². The molecule has 13 nitrogen and oxygen atoms in total. The summed E-state index contributed by atoms with van der Waals surface area (Å²) in [5.41, 5.74) is 4.05. The summed E-state index contributed by atoms with van der Waals surface area (Å²) in [5.74, 6) is -5.10. The molecule has 0 aromatic heterocycles. The summed E-state index contributed by atoms with van der Waals surface area (Å²) in [6.45, 7) is 0. The van der Waals surface area contributed by atoms with Gasteiger partial charge in [0.2, 0.25) is 12.2 Å². The van der Waals surface area contributed by atoms with Crippen molar-refractivity contribution in [3.8, 4) is 17.2 Å². The zero-order valence-corrected chi connectivity index (χ0v) is 22.1. The van der Waals surface area contributed by atoms with Crippen molar-refractivity contribution in [2.75, 3.05) is 21.3 Å². The van der Waals surface area contributed by atoms with E-state index in [1.54, 1.807) is 12.1 Å². The number of amides is 2. The van der Waals surface area contributed by atoms with Crippen molar-refractivity contribution < 1.29 is 52.8 Å². The Balaban J connectivity index is 1.86. The van der Waals surface area contributed by atoms with Gasteiger partial charge in [-0.15, -0.1) is 0 Å². The molecule has 0 aliphatic heterocycles. The lowest BCUT2D eigenvalue weighted by Crippen LogP contribution is -2.54. The molecule has 0 aliphatic rings. The molecule has 0 fully saturated rings. The van der Waals surface area contributed by atoms with E-state index in [4.69, 9.17) is 23.7 Å². The van der Waals surface area contributed by atoms with Crippen molar-refractivity contribution in [3.05, 3.63) is 89.5 Å². The smallest absolute Gasteiger partial charge is 0.349 e. The van der Waals surface area contributed by atoms with Crippen molar-refractivity contribution in [1.82, 2.24) is 10.9 Å². The number of aliphatic carboxylic acids is 1. The van der Waals surface area contributed by atoms with E-state index in [1.165, 1.54) is 82.0 Å². The molecule has 0 unspecified atom stereocenters. The third-order valence-electron chi connectivity index (χ3n) is 5.51. The minimum Gasteiger partial charge on any atom is -0.497 e. The summed E-state index contributed by atoms with van der Waals surface area (Å²) in [6, 6.07) is 17.1. The van der Waals surface area contributed by atoms with Crippen LogP contribution in [0.25, 0.3) is 0 Å². The molecule has 214 valence electrons. The number of hydrazine groups is 1. The molecule has 0 heterocycles. The van der Waals surface area contributed by atoms with Gasteiger partial charge in [-0.25, -0.2) is 14.4 Å². The maximum atomic E-state index is 13.1. The first-order valence-corrected chi connectivity index (χ1v) is 11.8. The van der Waals surface area contributed by atoms with Gasteiger partial charge in [0.15, 0.2) is 0 Å². The largest absolute Gasteiger partial charge is 0.497 e. The van der Waals surface area contributed by atoms with Crippen molar-refractivity contribution in [3.63, 3.8) is 0 Å². The number of carbonyl (C=O) groups excluding carboxylic acids is 4. The number of rotatable bonds is 11. The van der Waals surface area contributed by atoms with Crippen LogP contribution >= 0.6 is 0 Å². The molecule has 2 amide bonds. The molecule has 2 atom stereocenters. The topological polar surface area (TPSA) is 176 Å². The van der Waals surface area contributed by atoms with Crippen LogP contribution in [-0.4, -0.2) is 68.4 Å². The summed E-state index contributed by atoms with van der Waals surface area (Å²) in [4.78, 5) is 63.5. The highest BCUT2D eigenvalue weighted by Gasteiger charge is 2.41. The summed E-state index contributed by atoms with van der Waals surface area (Å²) in [6.07, 6.45) is -4.56. The fourth-order valence-corrected chi connectivity index (χ4v) is 3.37. The van der Waals surface area contributed by atoms with E-state index in [9.17, 15) is 29.1 Å². The van der Waals surface area contributed by atoms with Crippen LogP contribution < -0.4 is 25.1 Å². The lowest BCUT2D eigenvalue weighted by molar-refractivity contribution is -0.159. The monoisotopic (exact) mass is 566 g/mol. The predicted octanol–water partition coefficient (Wildman–Crippen LogP) is 2.01. The number of esters is 2. The minimum absolute atomic E-state index is 0.0901. The standard InChI is InChI=1S/C28H26N2O11/c1-37-19-12-10-16(11-13-19)24(31)29-30-25(32)22(40-27(35)17-6-4-8-20(14-17)38-2)23(26(33)34)41-28(36)18-7-5-9-21(15-18)39-3/h4-15,22-23H,1-3H3,(H,29,31)(H,30,32)(H,33,34)/t22-,23-/m0/s1. The Bertz CT molecular complexity index is 1420. The van der Waals surface area contributed by atoms with Gasteiger partial charge in [-0.2, -0.15) is 0 Å². The number of nitrogens with one attached hydrogen (secondary N) is 2. The molecular weight excluding hydrogens is 540 g/mol. The number of benzene rings is 3. The van der Waals surface area contributed by atoms with E-state index in [0.29, 0.717) is 5.75 Å². The van der Waals surface area contributed by atoms with Crippen LogP contribution in [0.3, 0.4) is 0 Å². The maximum absolute atomic E-state index is 13.1. The van der Waals surface area contributed by atoms with Crippen LogP contribution in [0.2, 0.25) is 0 Å². The average molecular weight is 567 g/mol. The first-order chi connectivity index (χ1) is 19.7. The molecule has 0 spiro atoms. The minimum atomic E-state index is -2.32. The maximum Gasteiger partial charge on any atom is 0.349 e. The van der Waals surface area contributed by atoms with Crippen LogP contribution in [0.1, 0.15) is 31.1 Å². The Morgan fingerprint density at radius 2 is 1.10 bits per heavy atom.